The monoisotopic (exact) mass is 197 g/mol. The van der Waals surface area contributed by atoms with Gasteiger partial charge in [0, 0.05) is 13.6 Å². The van der Waals surface area contributed by atoms with Crippen LogP contribution in [0.25, 0.3) is 0 Å². The van der Waals surface area contributed by atoms with Crippen LogP contribution in [-0.2, 0) is 11.3 Å². The molecule has 1 aromatic rings. The fourth-order valence-corrected chi connectivity index (χ4v) is 1.25. The average molecular weight is 197 g/mol. The Morgan fingerprint density at radius 3 is 2.79 bits per heavy atom. The number of likely N-dealkylation sites (N-methyl/N-ethyl adjacent to an activating group) is 1. The Morgan fingerprint density at radius 2 is 2.36 bits per heavy atom. The van der Waals surface area contributed by atoms with Crippen LogP contribution >= 0.6 is 0 Å². The highest BCUT2D eigenvalue weighted by molar-refractivity contribution is 5.79. The molecule has 0 bridgehead atoms. The van der Waals surface area contributed by atoms with E-state index in [1.54, 1.807) is 18.7 Å². The van der Waals surface area contributed by atoms with Crippen molar-refractivity contribution in [2.45, 2.75) is 26.4 Å². The van der Waals surface area contributed by atoms with Crippen molar-refractivity contribution in [1.82, 2.24) is 20.3 Å². The molecule has 0 aromatic carbocycles. The fourth-order valence-electron chi connectivity index (χ4n) is 1.25. The lowest BCUT2D eigenvalue weighted by Crippen LogP contribution is -2.29. The normalized spacial score (nSPS) is 12.6. The molecule has 0 saturated carbocycles. The zero-order chi connectivity index (χ0) is 10.7. The summed E-state index contributed by atoms with van der Waals surface area (Å²) in [6.45, 7) is 3.95. The third kappa shape index (κ3) is 1.74. The number of hydrogen-bond donors (Lipinski definition) is 2. The highest BCUT2D eigenvalue weighted by Gasteiger charge is 2.18. The zero-order valence-electron chi connectivity index (χ0n) is 8.61. The molecule has 0 saturated heterocycles. The standard InChI is InChI=1S/C8H15N5O/c1-5-7(4-9)11-12-13(5)6(2)8(14)10-3/h6H,4,9H2,1-3H3,(H,10,14). The van der Waals surface area contributed by atoms with Crippen molar-refractivity contribution in [1.29, 1.82) is 0 Å². The first-order valence-electron chi connectivity index (χ1n) is 4.44. The average Bonchev–Trinajstić information content (AvgIpc) is 2.57. The maximum absolute atomic E-state index is 11.3. The van der Waals surface area contributed by atoms with E-state index in [2.05, 4.69) is 15.6 Å². The van der Waals surface area contributed by atoms with Crippen LogP contribution in [0, 0.1) is 6.92 Å². The van der Waals surface area contributed by atoms with Crippen molar-refractivity contribution < 1.29 is 4.79 Å². The van der Waals surface area contributed by atoms with Crippen LogP contribution in [0.5, 0.6) is 0 Å². The minimum absolute atomic E-state index is 0.0958. The largest absolute Gasteiger partial charge is 0.357 e. The number of rotatable bonds is 3. The molecule has 0 spiro atoms. The van der Waals surface area contributed by atoms with Crippen LogP contribution in [0.1, 0.15) is 24.4 Å². The topological polar surface area (TPSA) is 85.8 Å². The Kier molecular flexibility index (Phi) is 3.19. The molecule has 0 aliphatic rings. The molecule has 14 heavy (non-hydrogen) atoms. The summed E-state index contributed by atoms with van der Waals surface area (Å²) >= 11 is 0. The van der Waals surface area contributed by atoms with Crippen LogP contribution in [0.15, 0.2) is 0 Å². The maximum atomic E-state index is 11.3. The van der Waals surface area contributed by atoms with E-state index in [9.17, 15) is 4.79 Å². The zero-order valence-corrected chi connectivity index (χ0v) is 8.61. The van der Waals surface area contributed by atoms with Crippen molar-refractivity contribution in [3.63, 3.8) is 0 Å². The second kappa shape index (κ2) is 4.19. The minimum Gasteiger partial charge on any atom is -0.357 e. The van der Waals surface area contributed by atoms with Gasteiger partial charge in [0.2, 0.25) is 5.91 Å². The molecular weight excluding hydrogens is 182 g/mol. The van der Waals surface area contributed by atoms with Gasteiger partial charge in [-0.3, -0.25) is 4.79 Å². The molecule has 1 unspecified atom stereocenters. The first-order chi connectivity index (χ1) is 6.61. The lowest BCUT2D eigenvalue weighted by atomic mass is 10.3. The van der Waals surface area contributed by atoms with Gasteiger partial charge in [-0.2, -0.15) is 0 Å². The molecule has 78 valence electrons. The number of hydrogen-bond acceptors (Lipinski definition) is 4. The van der Waals surface area contributed by atoms with E-state index in [4.69, 9.17) is 5.73 Å². The maximum Gasteiger partial charge on any atom is 0.244 e. The molecule has 3 N–H and O–H groups in total. The molecule has 1 aromatic heterocycles. The molecule has 0 aliphatic carbocycles. The summed E-state index contributed by atoms with van der Waals surface area (Å²) < 4.78 is 1.57. The number of carbonyl (C=O) groups is 1. The van der Waals surface area contributed by atoms with Gasteiger partial charge in [0.15, 0.2) is 0 Å². The van der Waals surface area contributed by atoms with Crippen molar-refractivity contribution >= 4 is 5.91 Å². The van der Waals surface area contributed by atoms with Crippen LogP contribution in [-0.4, -0.2) is 27.9 Å². The summed E-state index contributed by atoms with van der Waals surface area (Å²) in [4.78, 5) is 11.3. The number of carbonyl (C=O) groups excluding carboxylic acids is 1. The summed E-state index contributed by atoms with van der Waals surface area (Å²) in [6.07, 6.45) is 0. The molecule has 1 amide bonds. The molecule has 6 heteroatoms. The van der Waals surface area contributed by atoms with Crippen LogP contribution in [0.2, 0.25) is 0 Å². The van der Waals surface area contributed by atoms with Crippen molar-refractivity contribution in [3.05, 3.63) is 11.4 Å². The van der Waals surface area contributed by atoms with Gasteiger partial charge in [0.05, 0.1) is 11.4 Å². The van der Waals surface area contributed by atoms with Crippen LogP contribution in [0.4, 0.5) is 0 Å². The number of aromatic nitrogens is 3. The lowest BCUT2D eigenvalue weighted by Gasteiger charge is -2.11. The van der Waals surface area contributed by atoms with E-state index < -0.39 is 0 Å². The van der Waals surface area contributed by atoms with E-state index in [0.29, 0.717) is 6.54 Å². The first-order valence-corrected chi connectivity index (χ1v) is 4.44. The number of nitrogens with zero attached hydrogens (tertiary/aromatic N) is 3. The predicted molar refractivity (Wildman–Crippen MR) is 51.4 cm³/mol. The molecule has 0 fully saturated rings. The highest BCUT2D eigenvalue weighted by atomic mass is 16.2. The van der Waals surface area contributed by atoms with Gasteiger partial charge in [-0.05, 0) is 13.8 Å². The third-order valence-corrected chi connectivity index (χ3v) is 2.21. The van der Waals surface area contributed by atoms with E-state index in [0.717, 1.165) is 11.4 Å². The van der Waals surface area contributed by atoms with Gasteiger partial charge in [-0.25, -0.2) is 4.68 Å². The summed E-state index contributed by atoms with van der Waals surface area (Å²) in [5, 5.41) is 10.3. The Hall–Kier alpha value is -1.43. The molecule has 1 rings (SSSR count). The second-order valence-electron chi connectivity index (χ2n) is 3.06. The van der Waals surface area contributed by atoms with Gasteiger partial charge >= 0.3 is 0 Å². The highest BCUT2D eigenvalue weighted by Crippen LogP contribution is 2.10. The molecule has 6 nitrogen and oxygen atoms in total. The first kappa shape index (κ1) is 10.6. The van der Waals surface area contributed by atoms with Crippen molar-refractivity contribution in [2.24, 2.45) is 5.73 Å². The van der Waals surface area contributed by atoms with E-state index >= 15 is 0 Å². The van der Waals surface area contributed by atoms with Gasteiger partial charge in [-0.1, -0.05) is 5.21 Å². The lowest BCUT2D eigenvalue weighted by molar-refractivity contribution is -0.123. The van der Waals surface area contributed by atoms with Gasteiger partial charge in [0.25, 0.3) is 0 Å². The van der Waals surface area contributed by atoms with E-state index in [-0.39, 0.29) is 11.9 Å². The van der Waals surface area contributed by atoms with Gasteiger partial charge in [0.1, 0.15) is 6.04 Å². The Balaban J connectivity index is 2.95. The number of nitrogens with one attached hydrogen (secondary N) is 1. The second-order valence-corrected chi connectivity index (χ2v) is 3.06. The Bertz CT molecular complexity index is 332. The third-order valence-electron chi connectivity index (χ3n) is 2.21. The van der Waals surface area contributed by atoms with Gasteiger partial charge in [-0.15, -0.1) is 5.10 Å². The molecule has 0 radical (unpaired) electrons. The smallest absolute Gasteiger partial charge is 0.244 e. The molecule has 1 heterocycles. The Labute approximate surface area is 82.5 Å². The molecular formula is C8H15N5O. The Morgan fingerprint density at radius 1 is 1.71 bits per heavy atom. The molecule has 0 aliphatic heterocycles. The summed E-state index contributed by atoms with van der Waals surface area (Å²) in [5.41, 5.74) is 7.02. The number of nitrogens with two attached hydrogens (primary N) is 1. The van der Waals surface area contributed by atoms with Crippen LogP contribution in [0.3, 0.4) is 0 Å². The SMILES string of the molecule is CNC(=O)C(C)n1nnc(CN)c1C. The van der Waals surface area contributed by atoms with Gasteiger partial charge < -0.3 is 11.1 Å². The quantitative estimate of drug-likeness (QED) is 0.674. The number of amides is 1. The summed E-state index contributed by atoms with van der Waals surface area (Å²) in [5.74, 6) is -0.0958. The van der Waals surface area contributed by atoms with Crippen molar-refractivity contribution in [2.75, 3.05) is 7.05 Å². The van der Waals surface area contributed by atoms with E-state index in [1.807, 2.05) is 6.92 Å². The van der Waals surface area contributed by atoms with Crippen LogP contribution < -0.4 is 11.1 Å². The predicted octanol–water partition coefficient (Wildman–Crippen LogP) is -0.648. The summed E-state index contributed by atoms with van der Waals surface area (Å²) in [6, 6.07) is -0.354. The minimum atomic E-state index is -0.354. The fraction of sp³-hybridized carbons (Fsp3) is 0.625. The van der Waals surface area contributed by atoms with E-state index in [1.165, 1.54) is 0 Å². The van der Waals surface area contributed by atoms with Crippen molar-refractivity contribution in [3.8, 4) is 0 Å². The summed E-state index contributed by atoms with van der Waals surface area (Å²) in [7, 11) is 1.59. The molecule has 1 atom stereocenters.